The third kappa shape index (κ3) is 6.02. The number of para-hydroxylation sites is 1. The number of hydrogen-bond acceptors (Lipinski definition) is 3. The number of carbonyl (C=O) groups excluding carboxylic acids is 1. The molecule has 3 aromatic carbocycles. The summed E-state index contributed by atoms with van der Waals surface area (Å²) in [5, 5.41) is 0. The summed E-state index contributed by atoms with van der Waals surface area (Å²) < 4.78 is 27.6. The van der Waals surface area contributed by atoms with Crippen LogP contribution in [-0.2, 0) is 27.7 Å². The molecule has 6 heteroatoms. The Kier molecular flexibility index (Phi) is 7.38. The Morgan fingerprint density at radius 1 is 0.800 bits per heavy atom. The van der Waals surface area contributed by atoms with Crippen LogP contribution in [0.4, 0.5) is 5.69 Å². The number of sulfonamides is 1. The highest BCUT2D eigenvalue weighted by Crippen LogP contribution is 2.15. The van der Waals surface area contributed by atoms with Crippen LogP contribution in [0.15, 0.2) is 89.8 Å². The molecule has 3 aromatic rings. The lowest BCUT2D eigenvalue weighted by Gasteiger charge is -2.17. The van der Waals surface area contributed by atoms with E-state index in [2.05, 4.69) is 4.72 Å². The first kappa shape index (κ1) is 21.7. The Balaban J connectivity index is 1.51. The maximum atomic E-state index is 12.5. The number of nitrogens with one attached hydrogen (secondary N) is 1. The maximum absolute atomic E-state index is 12.5. The second kappa shape index (κ2) is 10.2. The largest absolute Gasteiger partial charge is 0.315 e. The van der Waals surface area contributed by atoms with Crippen molar-refractivity contribution >= 4 is 21.6 Å². The lowest BCUT2D eigenvalue weighted by molar-refractivity contribution is -0.118. The van der Waals surface area contributed by atoms with Gasteiger partial charge in [0.05, 0.1) is 4.90 Å². The van der Waals surface area contributed by atoms with E-state index in [-0.39, 0.29) is 10.8 Å². The highest BCUT2D eigenvalue weighted by Gasteiger charge is 2.14. The van der Waals surface area contributed by atoms with Crippen molar-refractivity contribution in [3.8, 4) is 0 Å². The molecule has 0 bridgehead atoms. The van der Waals surface area contributed by atoms with Gasteiger partial charge in [-0.2, -0.15) is 0 Å². The van der Waals surface area contributed by atoms with Gasteiger partial charge in [0.1, 0.15) is 0 Å². The summed E-state index contributed by atoms with van der Waals surface area (Å²) >= 11 is 0. The minimum Gasteiger partial charge on any atom is -0.315 e. The predicted molar refractivity (Wildman–Crippen MR) is 120 cm³/mol. The molecule has 0 unspecified atom stereocenters. The molecule has 0 aliphatic carbocycles. The van der Waals surface area contributed by atoms with E-state index in [0.29, 0.717) is 25.8 Å². The number of anilines is 1. The standard InChI is InChI=1S/C24H26N2O3S/c1-26(22-10-6-3-7-11-22)24(27)17-14-21-12-15-23(16-13-21)30(28,29)25-19-18-20-8-4-2-5-9-20/h2-13,15-16,25H,14,17-19H2,1H3. The van der Waals surface area contributed by atoms with E-state index < -0.39 is 10.0 Å². The van der Waals surface area contributed by atoms with E-state index in [4.69, 9.17) is 0 Å². The molecule has 0 radical (unpaired) electrons. The molecule has 3 rings (SSSR count). The summed E-state index contributed by atoms with van der Waals surface area (Å²) in [6.07, 6.45) is 1.54. The summed E-state index contributed by atoms with van der Waals surface area (Å²) in [5.41, 5.74) is 2.86. The SMILES string of the molecule is CN(C(=O)CCc1ccc(S(=O)(=O)NCCc2ccccc2)cc1)c1ccccc1. The van der Waals surface area contributed by atoms with Crippen molar-refractivity contribution in [3.63, 3.8) is 0 Å². The van der Waals surface area contributed by atoms with Crippen molar-refractivity contribution in [1.82, 2.24) is 4.72 Å². The van der Waals surface area contributed by atoms with Gasteiger partial charge < -0.3 is 4.90 Å². The number of carbonyl (C=O) groups is 1. The third-order valence-electron chi connectivity index (χ3n) is 4.93. The minimum absolute atomic E-state index is 0.0143. The highest BCUT2D eigenvalue weighted by atomic mass is 32.2. The molecule has 0 spiro atoms. The van der Waals surface area contributed by atoms with Gasteiger partial charge in [-0.15, -0.1) is 0 Å². The average molecular weight is 423 g/mol. The molecule has 0 fully saturated rings. The average Bonchev–Trinajstić information content (AvgIpc) is 2.78. The molecule has 0 aromatic heterocycles. The van der Waals surface area contributed by atoms with E-state index in [1.54, 1.807) is 36.2 Å². The zero-order chi connectivity index (χ0) is 21.4. The molecule has 1 amide bonds. The zero-order valence-electron chi connectivity index (χ0n) is 17.0. The normalized spacial score (nSPS) is 11.2. The van der Waals surface area contributed by atoms with Gasteiger partial charge in [0.2, 0.25) is 15.9 Å². The fourth-order valence-electron chi connectivity index (χ4n) is 3.11. The quantitative estimate of drug-likeness (QED) is 0.570. The molecule has 0 atom stereocenters. The van der Waals surface area contributed by atoms with E-state index in [9.17, 15) is 13.2 Å². The Hall–Kier alpha value is -2.96. The fourth-order valence-corrected chi connectivity index (χ4v) is 4.14. The Bertz CT molecular complexity index is 1050. The molecule has 0 aliphatic rings. The molecule has 0 aliphatic heterocycles. The van der Waals surface area contributed by atoms with Crippen LogP contribution in [0.25, 0.3) is 0 Å². The molecule has 156 valence electrons. The summed E-state index contributed by atoms with van der Waals surface area (Å²) in [7, 11) is -1.79. The third-order valence-corrected chi connectivity index (χ3v) is 6.40. The van der Waals surface area contributed by atoms with Crippen molar-refractivity contribution in [2.24, 2.45) is 0 Å². The van der Waals surface area contributed by atoms with Crippen LogP contribution in [0.2, 0.25) is 0 Å². The fraction of sp³-hybridized carbons (Fsp3) is 0.208. The van der Waals surface area contributed by atoms with Crippen molar-refractivity contribution in [3.05, 3.63) is 96.1 Å². The molecule has 30 heavy (non-hydrogen) atoms. The van der Waals surface area contributed by atoms with Crippen LogP contribution >= 0.6 is 0 Å². The minimum atomic E-state index is -3.55. The topological polar surface area (TPSA) is 66.5 Å². The molecule has 0 heterocycles. The van der Waals surface area contributed by atoms with Crippen LogP contribution < -0.4 is 9.62 Å². The van der Waals surface area contributed by atoms with Gasteiger partial charge in [0.25, 0.3) is 0 Å². The van der Waals surface area contributed by atoms with Crippen molar-refractivity contribution in [1.29, 1.82) is 0 Å². The predicted octanol–water partition coefficient (Wildman–Crippen LogP) is 3.80. The van der Waals surface area contributed by atoms with E-state index >= 15 is 0 Å². The second-order valence-electron chi connectivity index (χ2n) is 7.07. The molecule has 0 saturated heterocycles. The number of hydrogen-bond donors (Lipinski definition) is 1. The first-order valence-corrected chi connectivity index (χ1v) is 11.4. The summed E-state index contributed by atoms with van der Waals surface area (Å²) in [6.45, 7) is 0.342. The number of rotatable bonds is 9. The van der Waals surface area contributed by atoms with E-state index in [0.717, 1.165) is 16.8 Å². The van der Waals surface area contributed by atoms with Gasteiger partial charge in [-0.3, -0.25) is 4.79 Å². The number of benzene rings is 3. The monoisotopic (exact) mass is 422 g/mol. The van der Waals surface area contributed by atoms with Crippen molar-refractivity contribution in [2.45, 2.75) is 24.2 Å². The number of nitrogens with zero attached hydrogens (tertiary/aromatic N) is 1. The summed E-state index contributed by atoms with van der Waals surface area (Å²) in [5.74, 6) is 0.0143. The van der Waals surface area contributed by atoms with Gasteiger partial charge in [0.15, 0.2) is 0 Å². The Morgan fingerprint density at radius 2 is 1.37 bits per heavy atom. The van der Waals surface area contributed by atoms with Crippen molar-refractivity contribution in [2.75, 3.05) is 18.5 Å². The van der Waals surface area contributed by atoms with Gasteiger partial charge in [-0.05, 0) is 48.2 Å². The number of aryl methyl sites for hydroxylation is 1. The summed E-state index contributed by atoms with van der Waals surface area (Å²) in [6, 6.07) is 25.9. The van der Waals surface area contributed by atoms with Gasteiger partial charge in [0, 0.05) is 25.7 Å². The second-order valence-corrected chi connectivity index (χ2v) is 8.83. The summed E-state index contributed by atoms with van der Waals surface area (Å²) in [4.78, 5) is 14.3. The highest BCUT2D eigenvalue weighted by molar-refractivity contribution is 7.89. The van der Waals surface area contributed by atoms with Crippen molar-refractivity contribution < 1.29 is 13.2 Å². The number of amides is 1. The van der Waals surface area contributed by atoms with Crippen LogP contribution in [0, 0.1) is 0 Å². The smallest absolute Gasteiger partial charge is 0.240 e. The Morgan fingerprint density at radius 3 is 2.00 bits per heavy atom. The molecular formula is C24H26N2O3S. The van der Waals surface area contributed by atoms with Gasteiger partial charge >= 0.3 is 0 Å². The van der Waals surface area contributed by atoms with Crippen LogP contribution in [0.3, 0.4) is 0 Å². The van der Waals surface area contributed by atoms with E-state index in [1.165, 1.54) is 0 Å². The zero-order valence-corrected chi connectivity index (χ0v) is 17.8. The molecular weight excluding hydrogens is 396 g/mol. The lowest BCUT2D eigenvalue weighted by Crippen LogP contribution is -2.26. The van der Waals surface area contributed by atoms with Gasteiger partial charge in [-0.25, -0.2) is 13.1 Å². The van der Waals surface area contributed by atoms with Crippen LogP contribution in [0.5, 0.6) is 0 Å². The van der Waals surface area contributed by atoms with Crippen LogP contribution in [0.1, 0.15) is 17.5 Å². The van der Waals surface area contributed by atoms with Gasteiger partial charge in [-0.1, -0.05) is 60.7 Å². The first-order chi connectivity index (χ1) is 14.5. The first-order valence-electron chi connectivity index (χ1n) is 9.90. The van der Waals surface area contributed by atoms with Crippen LogP contribution in [-0.4, -0.2) is 27.9 Å². The Labute approximate surface area is 178 Å². The molecule has 5 nitrogen and oxygen atoms in total. The lowest BCUT2D eigenvalue weighted by atomic mass is 10.1. The molecule has 1 N–H and O–H groups in total. The molecule has 0 saturated carbocycles. The van der Waals surface area contributed by atoms with E-state index in [1.807, 2.05) is 60.7 Å². The maximum Gasteiger partial charge on any atom is 0.240 e.